The van der Waals surface area contributed by atoms with Crippen molar-refractivity contribution in [2.45, 2.75) is 6.42 Å². The molecular weight excluding hydrogens is 220 g/mol. The lowest BCUT2D eigenvalue weighted by molar-refractivity contribution is 0.468. The molecule has 86 valence electrons. The van der Waals surface area contributed by atoms with E-state index in [0.717, 1.165) is 12.2 Å². The second-order valence-electron chi connectivity index (χ2n) is 4.68. The molecule has 0 unspecified atom stereocenters. The Balaban J connectivity index is 2.05. The van der Waals surface area contributed by atoms with E-state index >= 15 is 0 Å². The Morgan fingerprint density at radius 3 is 2.83 bits per heavy atom. The summed E-state index contributed by atoms with van der Waals surface area (Å²) in [5, 5.41) is 2.44. The van der Waals surface area contributed by atoms with Gasteiger partial charge in [-0.05, 0) is 34.6 Å². The van der Waals surface area contributed by atoms with Gasteiger partial charge in [-0.2, -0.15) is 0 Å². The molecule has 0 saturated heterocycles. The highest BCUT2D eigenvalue weighted by Gasteiger charge is 2.14. The first kappa shape index (κ1) is 9.72. The SMILES string of the molecule is C1=COc2c3c(ccc2=C1)=Cc1ccccc1C3. The fraction of sp³-hybridized carbons (Fsp3) is 0.0588. The summed E-state index contributed by atoms with van der Waals surface area (Å²) in [6, 6.07) is 12.9. The van der Waals surface area contributed by atoms with Crippen molar-refractivity contribution in [1.82, 2.24) is 0 Å². The van der Waals surface area contributed by atoms with E-state index in [1.165, 1.54) is 27.1 Å². The molecule has 2 aliphatic rings. The van der Waals surface area contributed by atoms with Crippen LogP contribution in [0.3, 0.4) is 0 Å². The molecule has 0 amide bonds. The van der Waals surface area contributed by atoms with Gasteiger partial charge in [0.1, 0.15) is 5.75 Å². The lowest BCUT2D eigenvalue weighted by Gasteiger charge is -2.17. The fourth-order valence-corrected chi connectivity index (χ4v) is 2.69. The monoisotopic (exact) mass is 232 g/mol. The Bertz CT molecular complexity index is 782. The molecule has 1 aliphatic carbocycles. The van der Waals surface area contributed by atoms with Crippen LogP contribution in [-0.4, -0.2) is 0 Å². The number of rotatable bonds is 0. The Labute approximate surface area is 105 Å². The van der Waals surface area contributed by atoms with E-state index in [2.05, 4.69) is 48.6 Å². The summed E-state index contributed by atoms with van der Waals surface area (Å²) >= 11 is 0. The smallest absolute Gasteiger partial charge is 0.137 e. The zero-order valence-electron chi connectivity index (χ0n) is 9.89. The molecule has 18 heavy (non-hydrogen) atoms. The molecule has 0 aromatic heterocycles. The highest BCUT2D eigenvalue weighted by Crippen LogP contribution is 2.22. The Hall–Kier alpha value is -2.28. The van der Waals surface area contributed by atoms with Gasteiger partial charge in [0.15, 0.2) is 0 Å². The van der Waals surface area contributed by atoms with Gasteiger partial charge >= 0.3 is 0 Å². The first-order chi connectivity index (χ1) is 8.92. The minimum absolute atomic E-state index is 0.951. The van der Waals surface area contributed by atoms with E-state index in [1.54, 1.807) is 6.26 Å². The van der Waals surface area contributed by atoms with E-state index in [4.69, 9.17) is 4.74 Å². The number of allylic oxidation sites excluding steroid dienone is 1. The zero-order valence-corrected chi connectivity index (χ0v) is 9.89. The number of fused-ring (bicyclic) bond motifs is 4. The first-order valence-corrected chi connectivity index (χ1v) is 6.17. The van der Waals surface area contributed by atoms with Crippen LogP contribution in [0, 0.1) is 0 Å². The summed E-state index contributed by atoms with van der Waals surface area (Å²) in [4.78, 5) is 0. The van der Waals surface area contributed by atoms with Gasteiger partial charge in [-0.25, -0.2) is 0 Å². The fourth-order valence-electron chi connectivity index (χ4n) is 2.69. The minimum Gasteiger partial charge on any atom is -0.464 e. The van der Waals surface area contributed by atoms with Crippen LogP contribution >= 0.6 is 0 Å². The van der Waals surface area contributed by atoms with Crippen LogP contribution in [0.4, 0.5) is 0 Å². The molecule has 0 N–H and O–H groups in total. The maximum atomic E-state index is 5.71. The van der Waals surface area contributed by atoms with E-state index < -0.39 is 0 Å². The molecule has 4 rings (SSSR count). The largest absolute Gasteiger partial charge is 0.464 e. The highest BCUT2D eigenvalue weighted by atomic mass is 16.5. The molecule has 1 heterocycles. The summed E-state index contributed by atoms with van der Waals surface area (Å²) in [6.07, 6.45) is 8.99. The van der Waals surface area contributed by atoms with Crippen LogP contribution in [0.5, 0.6) is 5.75 Å². The van der Waals surface area contributed by atoms with Crippen LogP contribution in [0.15, 0.2) is 48.7 Å². The minimum atomic E-state index is 0.951. The predicted octanol–water partition coefficient (Wildman–Crippen LogP) is 2.11. The molecule has 1 aliphatic heterocycles. The summed E-state index contributed by atoms with van der Waals surface area (Å²) in [5.74, 6) is 1.01. The average Bonchev–Trinajstić information content (AvgIpc) is 2.45. The standard InChI is InChI=1S/C17H12O/c1-2-5-14-11-16-15(10-13(14)4-1)8-7-12-6-3-9-18-17(12)16/h1-10H,11H2. The molecule has 1 nitrogen and oxygen atoms in total. The molecule has 2 aromatic rings. The molecule has 0 saturated carbocycles. The van der Waals surface area contributed by atoms with Gasteiger partial charge in [-0.15, -0.1) is 0 Å². The van der Waals surface area contributed by atoms with Gasteiger partial charge in [0.05, 0.1) is 6.26 Å². The Morgan fingerprint density at radius 1 is 0.944 bits per heavy atom. The van der Waals surface area contributed by atoms with Crippen LogP contribution in [0.25, 0.3) is 12.2 Å². The lowest BCUT2D eigenvalue weighted by Crippen LogP contribution is -2.22. The average molecular weight is 232 g/mol. The molecule has 0 radical (unpaired) electrons. The van der Waals surface area contributed by atoms with Crippen molar-refractivity contribution in [1.29, 1.82) is 0 Å². The van der Waals surface area contributed by atoms with Crippen molar-refractivity contribution in [3.05, 3.63) is 75.9 Å². The third-order valence-corrected chi connectivity index (χ3v) is 3.60. The maximum Gasteiger partial charge on any atom is 0.137 e. The molecule has 0 bridgehead atoms. The molecule has 2 aromatic carbocycles. The maximum absolute atomic E-state index is 5.71. The second-order valence-corrected chi connectivity index (χ2v) is 4.68. The summed E-state index contributed by atoms with van der Waals surface area (Å²) in [6.45, 7) is 0. The first-order valence-electron chi connectivity index (χ1n) is 6.17. The van der Waals surface area contributed by atoms with Crippen LogP contribution in [0.1, 0.15) is 16.7 Å². The van der Waals surface area contributed by atoms with Crippen molar-refractivity contribution < 1.29 is 4.74 Å². The zero-order chi connectivity index (χ0) is 11.9. The quantitative estimate of drug-likeness (QED) is 0.577. The normalized spacial score (nSPS) is 14.4. The third kappa shape index (κ3) is 1.34. The van der Waals surface area contributed by atoms with Crippen molar-refractivity contribution in [3.63, 3.8) is 0 Å². The van der Waals surface area contributed by atoms with Crippen molar-refractivity contribution in [2.75, 3.05) is 0 Å². The third-order valence-electron chi connectivity index (χ3n) is 3.60. The van der Waals surface area contributed by atoms with Gasteiger partial charge in [-0.3, -0.25) is 0 Å². The van der Waals surface area contributed by atoms with E-state index in [-0.39, 0.29) is 0 Å². The van der Waals surface area contributed by atoms with Crippen molar-refractivity contribution >= 4 is 12.2 Å². The summed E-state index contributed by atoms with van der Waals surface area (Å²) in [7, 11) is 0. The van der Waals surface area contributed by atoms with E-state index in [1.807, 2.05) is 6.08 Å². The van der Waals surface area contributed by atoms with Crippen molar-refractivity contribution in [2.24, 2.45) is 0 Å². The van der Waals surface area contributed by atoms with Gasteiger partial charge in [0, 0.05) is 17.2 Å². The van der Waals surface area contributed by atoms with Gasteiger partial charge in [0.25, 0.3) is 0 Å². The van der Waals surface area contributed by atoms with E-state index in [0.29, 0.717) is 0 Å². The number of hydrogen-bond acceptors (Lipinski definition) is 1. The Kier molecular flexibility index (Phi) is 1.95. The predicted molar refractivity (Wildman–Crippen MR) is 72.7 cm³/mol. The van der Waals surface area contributed by atoms with Crippen LogP contribution in [-0.2, 0) is 6.42 Å². The number of benzene rings is 2. The number of ether oxygens (including phenoxy) is 1. The topological polar surface area (TPSA) is 9.23 Å². The van der Waals surface area contributed by atoms with Crippen molar-refractivity contribution in [3.8, 4) is 5.75 Å². The van der Waals surface area contributed by atoms with E-state index in [9.17, 15) is 0 Å². The summed E-state index contributed by atoms with van der Waals surface area (Å²) < 4.78 is 5.71. The van der Waals surface area contributed by atoms with Gasteiger partial charge in [0.2, 0.25) is 0 Å². The highest BCUT2D eigenvalue weighted by molar-refractivity contribution is 5.63. The molecule has 0 atom stereocenters. The molecule has 0 fully saturated rings. The van der Waals surface area contributed by atoms with Gasteiger partial charge in [-0.1, -0.05) is 36.4 Å². The second kappa shape index (κ2) is 3.61. The van der Waals surface area contributed by atoms with Gasteiger partial charge < -0.3 is 4.74 Å². The summed E-state index contributed by atoms with van der Waals surface area (Å²) in [5.41, 5.74) is 3.99. The molecular formula is C17H12O. The van der Waals surface area contributed by atoms with Crippen LogP contribution < -0.4 is 15.2 Å². The number of hydrogen-bond donors (Lipinski definition) is 0. The lowest BCUT2D eigenvalue weighted by atomic mass is 9.91. The Morgan fingerprint density at radius 2 is 1.83 bits per heavy atom. The van der Waals surface area contributed by atoms with Crippen LogP contribution in [0.2, 0.25) is 0 Å². The molecule has 0 spiro atoms. The molecule has 1 heteroatoms.